The quantitative estimate of drug-likeness (QED) is 0.863. The van der Waals surface area contributed by atoms with Gasteiger partial charge in [0, 0.05) is 5.56 Å². The first-order chi connectivity index (χ1) is 9.61. The second-order valence-corrected chi connectivity index (χ2v) is 4.50. The first kappa shape index (κ1) is 14.2. The van der Waals surface area contributed by atoms with Crippen molar-refractivity contribution >= 4 is 5.69 Å². The number of ether oxygens (including phenoxy) is 1. The highest BCUT2D eigenvalue weighted by atomic mass is 19.1. The fraction of sp³-hybridized carbons (Fsp3) is 0.250. The molecule has 0 aliphatic heterocycles. The minimum Gasteiger partial charge on any atom is -0.508 e. The summed E-state index contributed by atoms with van der Waals surface area (Å²) in [5.41, 5.74) is 1.32. The number of halogens is 1. The number of phenolic OH excluding ortho intramolecular Hbond substituents is 1. The third kappa shape index (κ3) is 3.20. The average molecular weight is 275 g/mol. The molecule has 2 aromatic carbocycles. The van der Waals surface area contributed by atoms with E-state index in [2.05, 4.69) is 5.32 Å². The van der Waals surface area contributed by atoms with E-state index in [1.165, 1.54) is 18.2 Å². The molecule has 2 rings (SSSR count). The normalized spacial score (nSPS) is 11.9. The first-order valence-corrected chi connectivity index (χ1v) is 6.58. The Hall–Kier alpha value is -2.23. The van der Waals surface area contributed by atoms with E-state index in [0.29, 0.717) is 12.2 Å². The molecule has 1 atom stereocenters. The third-order valence-electron chi connectivity index (χ3n) is 3.01. The van der Waals surface area contributed by atoms with Crippen LogP contribution in [-0.2, 0) is 0 Å². The average Bonchev–Trinajstić information content (AvgIpc) is 2.44. The van der Waals surface area contributed by atoms with Crippen molar-refractivity contribution in [1.82, 2.24) is 0 Å². The molecule has 3 nitrogen and oxygen atoms in total. The molecule has 0 amide bonds. The Morgan fingerprint density at radius 2 is 2.00 bits per heavy atom. The maximum Gasteiger partial charge on any atom is 0.142 e. The maximum absolute atomic E-state index is 13.3. The van der Waals surface area contributed by atoms with Crippen LogP contribution in [0.2, 0.25) is 0 Å². The predicted molar refractivity (Wildman–Crippen MR) is 77.7 cm³/mol. The van der Waals surface area contributed by atoms with Crippen LogP contribution in [0.25, 0.3) is 0 Å². The Morgan fingerprint density at radius 1 is 1.25 bits per heavy atom. The lowest BCUT2D eigenvalue weighted by atomic mass is 10.1. The van der Waals surface area contributed by atoms with Gasteiger partial charge in [0.2, 0.25) is 0 Å². The second kappa shape index (κ2) is 6.28. The van der Waals surface area contributed by atoms with Crippen LogP contribution < -0.4 is 10.1 Å². The van der Waals surface area contributed by atoms with E-state index >= 15 is 0 Å². The standard InChI is InChI=1S/C16H18FNO2/c1-3-20-16-7-5-4-6-14(16)18-11(2)13-10-12(17)8-9-15(13)19/h4-11,18-19H,3H2,1-2H3. The lowest BCUT2D eigenvalue weighted by Gasteiger charge is -2.19. The van der Waals surface area contributed by atoms with Crippen molar-refractivity contribution in [1.29, 1.82) is 0 Å². The van der Waals surface area contributed by atoms with E-state index in [-0.39, 0.29) is 17.6 Å². The molecule has 0 spiro atoms. The van der Waals surface area contributed by atoms with Crippen LogP contribution in [0.3, 0.4) is 0 Å². The van der Waals surface area contributed by atoms with E-state index < -0.39 is 0 Å². The molecule has 1 unspecified atom stereocenters. The van der Waals surface area contributed by atoms with Crippen LogP contribution in [-0.4, -0.2) is 11.7 Å². The van der Waals surface area contributed by atoms with Gasteiger partial charge >= 0.3 is 0 Å². The van der Waals surface area contributed by atoms with Crippen molar-refractivity contribution in [2.45, 2.75) is 19.9 Å². The summed E-state index contributed by atoms with van der Waals surface area (Å²) in [5.74, 6) is 0.433. The Labute approximate surface area is 118 Å². The number of nitrogens with one attached hydrogen (secondary N) is 1. The fourth-order valence-corrected chi connectivity index (χ4v) is 2.05. The largest absolute Gasteiger partial charge is 0.508 e. The molecular weight excluding hydrogens is 257 g/mol. The number of hydrogen-bond donors (Lipinski definition) is 2. The van der Waals surface area contributed by atoms with Crippen LogP contribution in [0, 0.1) is 5.82 Å². The predicted octanol–water partition coefficient (Wildman–Crippen LogP) is 4.10. The molecule has 2 N–H and O–H groups in total. The molecule has 0 heterocycles. The van der Waals surface area contributed by atoms with Crippen LogP contribution in [0.1, 0.15) is 25.5 Å². The molecule has 0 fully saturated rings. The van der Waals surface area contributed by atoms with Crippen LogP contribution in [0.4, 0.5) is 10.1 Å². The van der Waals surface area contributed by atoms with E-state index in [4.69, 9.17) is 4.74 Å². The lowest BCUT2D eigenvalue weighted by molar-refractivity contribution is 0.341. The van der Waals surface area contributed by atoms with E-state index in [9.17, 15) is 9.50 Å². The summed E-state index contributed by atoms with van der Waals surface area (Å²) in [6.07, 6.45) is 0. The monoisotopic (exact) mass is 275 g/mol. The van der Waals surface area contributed by atoms with Crippen molar-refractivity contribution < 1.29 is 14.2 Å². The zero-order valence-corrected chi connectivity index (χ0v) is 11.6. The smallest absolute Gasteiger partial charge is 0.142 e. The fourth-order valence-electron chi connectivity index (χ4n) is 2.05. The SMILES string of the molecule is CCOc1ccccc1NC(C)c1cc(F)ccc1O. The number of rotatable bonds is 5. The van der Waals surface area contributed by atoms with Crippen molar-refractivity contribution in [2.24, 2.45) is 0 Å². The zero-order chi connectivity index (χ0) is 14.5. The van der Waals surface area contributed by atoms with Crippen molar-refractivity contribution in [3.05, 3.63) is 53.8 Å². The summed E-state index contributed by atoms with van der Waals surface area (Å²) in [7, 11) is 0. The topological polar surface area (TPSA) is 41.5 Å². The lowest BCUT2D eigenvalue weighted by Crippen LogP contribution is -2.08. The molecule has 2 aromatic rings. The molecule has 106 valence electrons. The number of hydrogen-bond acceptors (Lipinski definition) is 3. The Bertz CT molecular complexity index is 586. The van der Waals surface area contributed by atoms with E-state index in [0.717, 1.165) is 11.4 Å². The van der Waals surface area contributed by atoms with Crippen molar-refractivity contribution in [3.8, 4) is 11.5 Å². The number of phenols is 1. The van der Waals surface area contributed by atoms with Gasteiger partial charge in [0.1, 0.15) is 17.3 Å². The van der Waals surface area contributed by atoms with Gasteiger partial charge in [-0.1, -0.05) is 12.1 Å². The van der Waals surface area contributed by atoms with Crippen LogP contribution in [0.15, 0.2) is 42.5 Å². The molecule has 0 saturated carbocycles. The van der Waals surface area contributed by atoms with Gasteiger partial charge in [0.25, 0.3) is 0 Å². The molecule has 0 aromatic heterocycles. The summed E-state index contributed by atoms with van der Waals surface area (Å²) >= 11 is 0. The zero-order valence-electron chi connectivity index (χ0n) is 11.6. The Balaban J connectivity index is 2.23. The summed E-state index contributed by atoms with van der Waals surface area (Å²) in [6, 6.07) is 11.2. The third-order valence-corrected chi connectivity index (χ3v) is 3.01. The number of para-hydroxylation sites is 2. The van der Waals surface area contributed by atoms with Crippen LogP contribution >= 0.6 is 0 Å². The van der Waals surface area contributed by atoms with E-state index in [1.807, 2.05) is 38.1 Å². The van der Waals surface area contributed by atoms with Gasteiger partial charge in [-0.25, -0.2) is 4.39 Å². The first-order valence-electron chi connectivity index (χ1n) is 6.58. The summed E-state index contributed by atoms with van der Waals surface area (Å²) in [5, 5.41) is 13.0. The molecule has 0 aliphatic carbocycles. The minimum absolute atomic E-state index is 0.0697. The van der Waals surface area contributed by atoms with Crippen molar-refractivity contribution in [2.75, 3.05) is 11.9 Å². The minimum atomic E-state index is -0.371. The summed E-state index contributed by atoms with van der Waals surface area (Å²) in [6.45, 7) is 4.34. The maximum atomic E-state index is 13.3. The molecule has 0 bridgehead atoms. The molecule has 0 aliphatic rings. The van der Waals surface area contributed by atoms with Gasteiger partial charge in [-0.05, 0) is 44.2 Å². The van der Waals surface area contributed by atoms with Gasteiger partial charge in [-0.2, -0.15) is 0 Å². The number of benzene rings is 2. The molecule has 20 heavy (non-hydrogen) atoms. The highest BCUT2D eigenvalue weighted by Gasteiger charge is 2.13. The van der Waals surface area contributed by atoms with Gasteiger partial charge in [-0.15, -0.1) is 0 Å². The van der Waals surface area contributed by atoms with E-state index in [1.54, 1.807) is 0 Å². The molecule has 4 heteroatoms. The second-order valence-electron chi connectivity index (χ2n) is 4.50. The van der Waals surface area contributed by atoms with Gasteiger partial charge in [-0.3, -0.25) is 0 Å². The van der Waals surface area contributed by atoms with Crippen molar-refractivity contribution in [3.63, 3.8) is 0 Å². The summed E-state index contributed by atoms with van der Waals surface area (Å²) in [4.78, 5) is 0. The number of aromatic hydroxyl groups is 1. The summed E-state index contributed by atoms with van der Waals surface area (Å²) < 4.78 is 18.8. The molecular formula is C16H18FNO2. The molecule has 0 saturated heterocycles. The Kier molecular flexibility index (Phi) is 4.45. The highest BCUT2D eigenvalue weighted by molar-refractivity contribution is 5.57. The van der Waals surface area contributed by atoms with Crippen LogP contribution in [0.5, 0.6) is 11.5 Å². The Morgan fingerprint density at radius 3 is 2.75 bits per heavy atom. The van der Waals surface area contributed by atoms with Gasteiger partial charge in [0.05, 0.1) is 18.3 Å². The number of anilines is 1. The molecule has 0 radical (unpaired) electrons. The van der Waals surface area contributed by atoms with Gasteiger partial charge < -0.3 is 15.2 Å². The van der Waals surface area contributed by atoms with Gasteiger partial charge in [0.15, 0.2) is 0 Å². The highest BCUT2D eigenvalue weighted by Crippen LogP contribution is 2.31.